The lowest BCUT2D eigenvalue weighted by molar-refractivity contribution is -0.677. The Balaban J connectivity index is 1.16. The summed E-state index contributed by atoms with van der Waals surface area (Å²) in [4.78, 5) is 16.7. The quantitative estimate of drug-likeness (QED) is 0.235. The van der Waals surface area contributed by atoms with Crippen molar-refractivity contribution in [2.75, 3.05) is 13.1 Å². The number of hydrogen-bond donors (Lipinski definition) is 4. The Hall–Kier alpha value is -3.43. The van der Waals surface area contributed by atoms with Crippen molar-refractivity contribution in [2.45, 2.75) is 76.0 Å². The van der Waals surface area contributed by atoms with Gasteiger partial charge in [-0.15, -0.1) is 0 Å². The molecule has 2 aliphatic heterocycles. The number of nitrogens with zero attached hydrogens (tertiary/aromatic N) is 2. The van der Waals surface area contributed by atoms with Crippen LogP contribution in [0.4, 0.5) is 13.2 Å². The molecule has 0 saturated carbocycles. The fourth-order valence-corrected chi connectivity index (χ4v) is 6.72. The number of fused-ring (bicyclic) bond motifs is 3. The van der Waals surface area contributed by atoms with Crippen LogP contribution in [0.2, 0.25) is 0 Å². The highest BCUT2D eigenvalue weighted by Gasteiger charge is 2.30. The van der Waals surface area contributed by atoms with Crippen LogP contribution in [0.3, 0.4) is 0 Å². The highest BCUT2D eigenvalue weighted by atomic mass is 19.4. The van der Waals surface area contributed by atoms with Crippen LogP contribution in [0.1, 0.15) is 79.2 Å². The van der Waals surface area contributed by atoms with E-state index >= 15 is 0 Å². The van der Waals surface area contributed by atoms with Crippen molar-refractivity contribution in [3.63, 3.8) is 0 Å². The third-order valence-corrected chi connectivity index (χ3v) is 8.89. The Morgan fingerprint density at radius 2 is 1.63 bits per heavy atom. The first-order valence-corrected chi connectivity index (χ1v) is 15.0. The van der Waals surface area contributed by atoms with Crippen LogP contribution in [0.15, 0.2) is 42.5 Å². The topological polar surface area (TPSA) is 86.0 Å². The molecule has 2 aromatic carbocycles. The van der Waals surface area contributed by atoms with E-state index in [0.717, 1.165) is 72.7 Å². The van der Waals surface area contributed by atoms with E-state index in [1.165, 1.54) is 36.2 Å². The number of aryl methyl sites for hydroxylation is 3. The fraction of sp³-hybridized carbons (Fsp3) is 0.438. The first-order valence-electron chi connectivity index (χ1n) is 15.0. The molecule has 0 spiro atoms. The van der Waals surface area contributed by atoms with E-state index < -0.39 is 12.6 Å². The number of aromatic nitrogens is 4. The molecule has 9 heteroatoms. The second-order valence-corrected chi connectivity index (χ2v) is 11.7. The van der Waals surface area contributed by atoms with Gasteiger partial charge in [0.05, 0.1) is 24.0 Å². The van der Waals surface area contributed by atoms with Gasteiger partial charge < -0.3 is 20.6 Å². The fourth-order valence-electron chi connectivity index (χ4n) is 6.72. The van der Waals surface area contributed by atoms with Crippen LogP contribution >= 0.6 is 0 Å². The number of imidazole rings is 2. The van der Waals surface area contributed by atoms with Crippen molar-refractivity contribution in [1.29, 1.82) is 0 Å². The number of quaternary nitrogens is 1. The van der Waals surface area contributed by atoms with Crippen molar-refractivity contribution in [1.82, 2.24) is 25.3 Å². The van der Waals surface area contributed by atoms with E-state index in [4.69, 9.17) is 9.97 Å². The minimum Gasteiger partial charge on any atom is -0.344 e. The number of halogens is 3. The summed E-state index contributed by atoms with van der Waals surface area (Å²) in [5.41, 5.74) is 9.10. The van der Waals surface area contributed by atoms with Gasteiger partial charge in [-0.3, -0.25) is 0 Å². The molecular formula is C32H36F3N6+. The smallest absolute Gasteiger partial charge is 0.344 e. The van der Waals surface area contributed by atoms with E-state index in [1.807, 2.05) is 12.1 Å². The third kappa shape index (κ3) is 5.45. The zero-order chi connectivity index (χ0) is 28.0. The number of hydrogen-bond acceptors (Lipinski definition) is 3. The lowest BCUT2D eigenvalue weighted by Crippen LogP contribution is -2.82. The monoisotopic (exact) mass is 561 g/mol. The van der Waals surface area contributed by atoms with Gasteiger partial charge in [-0.05, 0) is 61.8 Å². The van der Waals surface area contributed by atoms with Gasteiger partial charge in [-0.2, -0.15) is 13.2 Å². The van der Waals surface area contributed by atoms with Gasteiger partial charge in [0.2, 0.25) is 0 Å². The van der Waals surface area contributed by atoms with Crippen LogP contribution in [-0.2, 0) is 19.3 Å². The zero-order valence-corrected chi connectivity index (χ0v) is 23.1. The number of benzene rings is 2. The van der Waals surface area contributed by atoms with Gasteiger partial charge in [0, 0.05) is 41.8 Å². The van der Waals surface area contributed by atoms with E-state index in [0.29, 0.717) is 17.4 Å². The lowest BCUT2D eigenvalue weighted by Gasteiger charge is -2.10. The van der Waals surface area contributed by atoms with Crippen LogP contribution in [-0.4, -0.2) is 39.2 Å². The number of H-pyrrole nitrogens is 2. The zero-order valence-electron chi connectivity index (χ0n) is 23.1. The molecule has 2 saturated heterocycles. The Bertz CT molecular complexity index is 1520. The lowest BCUT2D eigenvalue weighted by atomic mass is 9.95. The molecule has 3 aliphatic rings. The summed E-state index contributed by atoms with van der Waals surface area (Å²) in [6.07, 6.45) is 2.28. The minimum absolute atomic E-state index is 0.0645. The van der Waals surface area contributed by atoms with Crippen LogP contribution in [0.25, 0.3) is 33.6 Å². The average Bonchev–Trinajstić information content (AvgIpc) is 3.77. The van der Waals surface area contributed by atoms with Crippen molar-refractivity contribution in [3.05, 3.63) is 71.1 Å². The van der Waals surface area contributed by atoms with Gasteiger partial charge in [0.1, 0.15) is 11.9 Å². The molecule has 4 heterocycles. The Morgan fingerprint density at radius 1 is 0.829 bits per heavy atom. The maximum atomic E-state index is 13.1. The van der Waals surface area contributed by atoms with Gasteiger partial charge >= 0.3 is 6.18 Å². The van der Waals surface area contributed by atoms with Gasteiger partial charge in [-0.1, -0.05) is 42.5 Å². The molecule has 2 unspecified atom stereocenters. The summed E-state index contributed by atoms with van der Waals surface area (Å²) in [6, 6.07) is 15.2. The highest BCUT2D eigenvalue weighted by Crippen LogP contribution is 2.36. The Labute approximate surface area is 237 Å². The maximum Gasteiger partial charge on any atom is 0.389 e. The molecule has 2 fully saturated rings. The van der Waals surface area contributed by atoms with Gasteiger partial charge in [0.25, 0.3) is 0 Å². The predicted octanol–water partition coefficient (Wildman–Crippen LogP) is 5.94. The van der Waals surface area contributed by atoms with Crippen LogP contribution < -0.4 is 10.6 Å². The van der Waals surface area contributed by atoms with E-state index in [1.54, 1.807) is 0 Å². The molecule has 2 aromatic heterocycles. The van der Waals surface area contributed by atoms with E-state index in [2.05, 4.69) is 50.9 Å². The molecule has 2 atom stereocenters. The molecule has 1 aliphatic carbocycles. The van der Waals surface area contributed by atoms with Gasteiger partial charge in [-0.25, -0.2) is 9.97 Å². The first-order chi connectivity index (χ1) is 19.9. The standard InChI is InChI=1S/C32H35F3N6/c33-32(34,35)15-14-25-28(40-30(39-25)26-6-2-16-36-26)20-10-8-19(9-11-20)21-12-13-23-22(18-21)4-1-5-24-29(23)41-31(38-24)27-7-3-17-37-27/h8-13,18,26-27,36-37H,1-7,14-17H2,(H,38,41)(H,39,40)/p+1. The summed E-state index contributed by atoms with van der Waals surface area (Å²) in [7, 11) is 0. The molecular weight excluding hydrogens is 525 g/mol. The molecule has 7 rings (SSSR count). The summed E-state index contributed by atoms with van der Waals surface area (Å²) in [5.74, 6) is 1.84. The molecule has 6 nitrogen and oxygen atoms in total. The first kappa shape index (κ1) is 26.5. The van der Waals surface area contributed by atoms with Gasteiger partial charge in [0.15, 0.2) is 5.82 Å². The van der Waals surface area contributed by atoms with Crippen molar-refractivity contribution in [3.8, 4) is 33.6 Å². The summed E-state index contributed by atoms with van der Waals surface area (Å²) < 4.78 is 39.2. The largest absolute Gasteiger partial charge is 0.389 e. The average molecular weight is 562 g/mol. The van der Waals surface area contributed by atoms with E-state index in [-0.39, 0.29) is 12.5 Å². The van der Waals surface area contributed by atoms with Crippen LogP contribution in [0, 0.1) is 0 Å². The minimum atomic E-state index is -4.21. The molecule has 5 N–H and O–H groups in total. The molecule has 0 bridgehead atoms. The number of aromatic amines is 2. The number of nitrogens with one attached hydrogen (secondary N) is 3. The highest BCUT2D eigenvalue weighted by molar-refractivity contribution is 5.75. The van der Waals surface area contributed by atoms with Crippen LogP contribution in [0.5, 0.6) is 0 Å². The molecule has 4 aromatic rings. The SMILES string of the molecule is FC(F)(F)CCc1[nH]c(C2CCCN2)nc1-c1ccc(-c2ccc3c(c2)CCCc2[nH]c(C4CCC[NH2+]4)nc2-3)cc1. The second kappa shape index (κ2) is 10.8. The number of alkyl halides is 3. The Kier molecular flexibility index (Phi) is 6.95. The number of nitrogens with two attached hydrogens (primary N) is 1. The normalized spacial score (nSPS) is 20.7. The Morgan fingerprint density at radius 3 is 2.39 bits per heavy atom. The summed E-state index contributed by atoms with van der Waals surface area (Å²) in [6.45, 7) is 2.07. The summed E-state index contributed by atoms with van der Waals surface area (Å²) in [5, 5.41) is 5.78. The molecule has 0 amide bonds. The van der Waals surface area contributed by atoms with E-state index in [9.17, 15) is 13.2 Å². The molecule has 214 valence electrons. The van der Waals surface area contributed by atoms with Crippen molar-refractivity contribution < 1.29 is 18.5 Å². The predicted molar refractivity (Wildman–Crippen MR) is 152 cm³/mol. The maximum absolute atomic E-state index is 13.1. The third-order valence-electron chi connectivity index (χ3n) is 8.89. The molecule has 0 radical (unpaired) electrons. The van der Waals surface area contributed by atoms with Crippen molar-refractivity contribution in [2.24, 2.45) is 0 Å². The summed E-state index contributed by atoms with van der Waals surface area (Å²) >= 11 is 0. The molecule has 41 heavy (non-hydrogen) atoms. The second-order valence-electron chi connectivity index (χ2n) is 11.7. The number of rotatable bonds is 6. The van der Waals surface area contributed by atoms with Crippen molar-refractivity contribution >= 4 is 0 Å².